The molecule has 0 bridgehead atoms. The molecule has 0 heterocycles. The minimum atomic E-state index is -0.0509. The summed E-state index contributed by atoms with van der Waals surface area (Å²) < 4.78 is 5.51. The number of aryl methyl sites for hydroxylation is 1. The summed E-state index contributed by atoms with van der Waals surface area (Å²) in [6, 6.07) is 7.87. The van der Waals surface area contributed by atoms with Crippen molar-refractivity contribution >= 4 is 5.91 Å². The zero-order chi connectivity index (χ0) is 16.0. The number of amides is 1. The monoisotopic (exact) mass is 306 g/mol. The number of ether oxygens (including phenoxy) is 1. The Hall–Kier alpha value is -1.55. The largest absolute Gasteiger partial charge is 0.484 e. The first-order valence-corrected chi connectivity index (χ1v) is 8.44. The van der Waals surface area contributed by atoms with E-state index >= 15 is 0 Å². The van der Waals surface area contributed by atoms with Gasteiger partial charge in [-0.2, -0.15) is 0 Å². The van der Waals surface area contributed by atoms with Gasteiger partial charge in [0.25, 0.3) is 5.91 Å². The summed E-state index contributed by atoms with van der Waals surface area (Å²) in [5.41, 5.74) is 6.67. The van der Waals surface area contributed by atoms with E-state index in [2.05, 4.69) is 18.3 Å². The molecule has 0 radical (unpaired) electrons. The van der Waals surface area contributed by atoms with Crippen molar-refractivity contribution < 1.29 is 9.53 Å². The van der Waals surface area contributed by atoms with E-state index in [-0.39, 0.29) is 12.5 Å². The van der Waals surface area contributed by atoms with E-state index in [4.69, 9.17) is 10.5 Å². The summed E-state index contributed by atoms with van der Waals surface area (Å²) >= 11 is 0. The van der Waals surface area contributed by atoms with Crippen LogP contribution in [0.4, 0.5) is 0 Å². The highest BCUT2D eigenvalue weighted by molar-refractivity contribution is 5.77. The molecule has 0 aromatic heterocycles. The number of nitrogens with one attached hydrogen (secondary N) is 1. The molecule has 1 aromatic carbocycles. The molecule has 0 aliphatic carbocycles. The summed E-state index contributed by atoms with van der Waals surface area (Å²) in [7, 11) is 0. The first-order chi connectivity index (χ1) is 10.8. The van der Waals surface area contributed by atoms with E-state index in [0.717, 1.165) is 44.5 Å². The molecular formula is C18H30N2O2. The third-order valence-corrected chi connectivity index (χ3v) is 3.63. The second-order valence-corrected chi connectivity index (χ2v) is 5.55. The number of nitrogens with two attached hydrogens (primary N) is 1. The van der Waals surface area contributed by atoms with Crippen LogP contribution >= 0.6 is 0 Å². The van der Waals surface area contributed by atoms with Crippen LogP contribution in [-0.2, 0) is 11.2 Å². The van der Waals surface area contributed by atoms with Crippen molar-refractivity contribution in [2.45, 2.75) is 51.9 Å². The molecule has 22 heavy (non-hydrogen) atoms. The first-order valence-electron chi connectivity index (χ1n) is 8.44. The molecule has 1 aromatic rings. The SMILES string of the molecule is CCc1cccc(OCC(=O)NCCCCCCCCN)c1. The maximum atomic E-state index is 11.7. The molecule has 0 aliphatic heterocycles. The molecule has 4 heteroatoms. The van der Waals surface area contributed by atoms with Crippen molar-refractivity contribution in [3.8, 4) is 5.75 Å². The normalized spacial score (nSPS) is 10.5. The topological polar surface area (TPSA) is 64.3 Å². The van der Waals surface area contributed by atoms with E-state index in [1.807, 2.05) is 18.2 Å². The Morgan fingerprint density at radius 3 is 2.59 bits per heavy atom. The van der Waals surface area contributed by atoms with Crippen LogP contribution in [0.5, 0.6) is 5.75 Å². The molecular weight excluding hydrogens is 276 g/mol. The summed E-state index contributed by atoms with van der Waals surface area (Å²) in [5, 5.41) is 2.90. The van der Waals surface area contributed by atoms with Crippen molar-refractivity contribution in [2.75, 3.05) is 19.7 Å². The van der Waals surface area contributed by atoms with Crippen LogP contribution in [0.25, 0.3) is 0 Å². The molecule has 0 saturated carbocycles. The van der Waals surface area contributed by atoms with Gasteiger partial charge in [-0.3, -0.25) is 4.79 Å². The van der Waals surface area contributed by atoms with Gasteiger partial charge in [0, 0.05) is 6.54 Å². The van der Waals surface area contributed by atoms with Gasteiger partial charge in [-0.15, -0.1) is 0 Å². The number of carbonyl (C=O) groups excluding carboxylic acids is 1. The Kier molecular flexibility index (Phi) is 10.1. The van der Waals surface area contributed by atoms with Crippen LogP contribution < -0.4 is 15.8 Å². The van der Waals surface area contributed by atoms with E-state index in [1.54, 1.807) is 0 Å². The quantitative estimate of drug-likeness (QED) is 0.583. The van der Waals surface area contributed by atoms with Crippen molar-refractivity contribution in [3.63, 3.8) is 0 Å². The molecule has 0 unspecified atom stereocenters. The van der Waals surface area contributed by atoms with Gasteiger partial charge in [-0.1, -0.05) is 44.7 Å². The van der Waals surface area contributed by atoms with Gasteiger partial charge < -0.3 is 15.8 Å². The Bertz CT molecular complexity index is 421. The molecule has 0 saturated heterocycles. The molecule has 124 valence electrons. The molecule has 0 spiro atoms. The van der Waals surface area contributed by atoms with Crippen molar-refractivity contribution in [2.24, 2.45) is 5.73 Å². The standard InChI is InChI=1S/C18H30N2O2/c1-2-16-10-9-11-17(14-16)22-15-18(21)20-13-8-6-4-3-5-7-12-19/h9-11,14H,2-8,12-13,15,19H2,1H3,(H,20,21). The van der Waals surface area contributed by atoms with Gasteiger partial charge in [0.05, 0.1) is 0 Å². The lowest BCUT2D eigenvalue weighted by Crippen LogP contribution is -2.29. The number of carbonyl (C=O) groups is 1. The Balaban J connectivity index is 2.03. The lowest BCUT2D eigenvalue weighted by Gasteiger charge is -2.08. The fraction of sp³-hybridized carbons (Fsp3) is 0.611. The highest BCUT2D eigenvalue weighted by atomic mass is 16.5. The first kappa shape index (κ1) is 18.5. The van der Waals surface area contributed by atoms with Gasteiger partial charge >= 0.3 is 0 Å². The third-order valence-electron chi connectivity index (χ3n) is 3.63. The van der Waals surface area contributed by atoms with E-state index < -0.39 is 0 Å². The zero-order valence-corrected chi connectivity index (χ0v) is 13.8. The van der Waals surface area contributed by atoms with Crippen LogP contribution in [-0.4, -0.2) is 25.6 Å². The van der Waals surface area contributed by atoms with Crippen LogP contribution in [0.1, 0.15) is 51.0 Å². The smallest absolute Gasteiger partial charge is 0.257 e. The third kappa shape index (κ3) is 8.67. The number of unbranched alkanes of at least 4 members (excludes halogenated alkanes) is 5. The van der Waals surface area contributed by atoms with Gasteiger partial charge in [0.2, 0.25) is 0 Å². The van der Waals surface area contributed by atoms with Crippen molar-refractivity contribution in [1.29, 1.82) is 0 Å². The fourth-order valence-corrected chi connectivity index (χ4v) is 2.26. The average molecular weight is 306 g/mol. The van der Waals surface area contributed by atoms with Crippen molar-refractivity contribution in [1.82, 2.24) is 5.32 Å². The van der Waals surface area contributed by atoms with Gasteiger partial charge in [0.1, 0.15) is 5.75 Å². The number of hydrogen-bond acceptors (Lipinski definition) is 3. The van der Waals surface area contributed by atoms with E-state index in [1.165, 1.54) is 24.8 Å². The molecule has 0 fully saturated rings. The van der Waals surface area contributed by atoms with Crippen LogP contribution in [0.3, 0.4) is 0 Å². The maximum Gasteiger partial charge on any atom is 0.257 e. The van der Waals surface area contributed by atoms with Crippen LogP contribution in [0, 0.1) is 0 Å². The second kappa shape index (κ2) is 12.0. The van der Waals surface area contributed by atoms with Crippen molar-refractivity contribution in [3.05, 3.63) is 29.8 Å². The molecule has 4 nitrogen and oxygen atoms in total. The van der Waals surface area contributed by atoms with Crippen LogP contribution in [0.2, 0.25) is 0 Å². The highest BCUT2D eigenvalue weighted by Gasteiger charge is 2.02. The number of rotatable bonds is 12. The molecule has 0 aliphatic rings. The Morgan fingerprint density at radius 1 is 1.14 bits per heavy atom. The molecule has 1 rings (SSSR count). The molecule has 3 N–H and O–H groups in total. The Morgan fingerprint density at radius 2 is 1.86 bits per heavy atom. The maximum absolute atomic E-state index is 11.7. The predicted octanol–water partition coefficient (Wildman–Crippen LogP) is 3.04. The summed E-state index contributed by atoms with van der Waals surface area (Å²) in [4.78, 5) is 11.7. The molecule has 0 atom stereocenters. The van der Waals surface area contributed by atoms with Gasteiger partial charge in [0.15, 0.2) is 6.61 Å². The summed E-state index contributed by atoms with van der Waals surface area (Å²) in [6.45, 7) is 3.71. The minimum absolute atomic E-state index is 0.0509. The average Bonchev–Trinajstić information content (AvgIpc) is 2.55. The zero-order valence-electron chi connectivity index (χ0n) is 13.8. The fourth-order valence-electron chi connectivity index (χ4n) is 2.26. The Labute approximate surface area is 134 Å². The molecule has 1 amide bonds. The van der Waals surface area contributed by atoms with E-state index in [9.17, 15) is 4.79 Å². The van der Waals surface area contributed by atoms with Gasteiger partial charge in [-0.05, 0) is 43.5 Å². The van der Waals surface area contributed by atoms with Crippen LogP contribution in [0.15, 0.2) is 24.3 Å². The number of benzene rings is 1. The number of hydrogen-bond donors (Lipinski definition) is 2. The summed E-state index contributed by atoms with van der Waals surface area (Å²) in [6.07, 6.45) is 7.94. The van der Waals surface area contributed by atoms with E-state index in [0.29, 0.717) is 0 Å². The second-order valence-electron chi connectivity index (χ2n) is 5.55. The lowest BCUT2D eigenvalue weighted by atomic mass is 10.1. The predicted molar refractivity (Wildman–Crippen MR) is 91.1 cm³/mol. The summed E-state index contributed by atoms with van der Waals surface area (Å²) in [5.74, 6) is 0.708. The lowest BCUT2D eigenvalue weighted by molar-refractivity contribution is -0.123. The highest BCUT2D eigenvalue weighted by Crippen LogP contribution is 2.13. The minimum Gasteiger partial charge on any atom is -0.484 e. The van der Waals surface area contributed by atoms with Gasteiger partial charge in [-0.25, -0.2) is 0 Å².